The van der Waals surface area contributed by atoms with Crippen molar-refractivity contribution in [3.05, 3.63) is 68.7 Å². The molecular weight excluding hydrogens is 331 g/mol. The monoisotopic (exact) mass is 348 g/mol. The van der Waals surface area contributed by atoms with Gasteiger partial charge in [-0.25, -0.2) is 0 Å². The maximum absolute atomic E-state index is 11.5. The van der Waals surface area contributed by atoms with Crippen LogP contribution in [0.4, 0.5) is 0 Å². The first-order valence-corrected chi connectivity index (χ1v) is 8.33. The van der Waals surface area contributed by atoms with Crippen LogP contribution in [0.1, 0.15) is 40.0 Å². The van der Waals surface area contributed by atoms with Gasteiger partial charge in [-0.3, -0.25) is 9.69 Å². The van der Waals surface area contributed by atoms with E-state index in [9.17, 15) is 4.79 Å². The summed E-state index contributed by atoms with van der Waals surface area (Å²) in [6, 6.07) is 12.0. The van der Waals surface area contributed by atoms with Gasteiger partial charge in [0.2, 0.25) is 5.91 Å². The highest BCUT2D eigenvalue weighted by atomic mass is 35.5. The van der Waals surface area contributed by atoms with Gasteiger partial charge in [-0.2, -0.15) is 0 Å². The van der Waals surface area contributed by atoms with Crippen LogP contribution in [0.2, 0.25) is 10.0 Å². The van der Waals surface area contributed by atoms with Crippen LogP contribution in [0, 0.1) is 0 Å². The van der Waals surface area contributed by atoms with Crippen molar-refractivity contribution in [2.75, 3.05) is 6.54 Å². The fourth-order valence-corrected chi connectivity index (χ4v) is 3.76. The molecule has 1 aliphatic heterocycles. The Balaban J connectivity index is 1.92. The lowest BCUT2D eigenvalue weighted by Gasteiger charge is -2.35. The number of carbonyl (C=O) groups is 1. The summed E-state index contributed by atoms with van der Waals surface area (Å²) in [5.74, 6) is -0.537. The van der Waals surface area contributed by atoms with Gasteiger partial charge in [-0.05, 0) is 36.6 Å². The van der Waals surface area contributed by atoms with E-state index in [1.165, 1.54) is 11.1 Å². The molecule has 1 unspecified atom stereocenters. The minimum atomic E-state index is -0.537. The fraction of sp³-hybridized carbons (Fsp3) is 0.278. The number of nitrogens with two attached hydrogens (primary N) is 1. The molecular formula is C18H18Cl2N2O. The number of carbonyl (C=O) groups excluding carboxylic acids is 1. The zero-order chi connectivity index (χ0) is 16.6. The molecule has 0 saturated carbocycles. The highest BCUT2D eigenvalue weighted by molar-refractivity contribution is 6.38. The molecule has 1 atom stereocenters. The van der Waals surface area contributed by atoms with E-state index in [4.69, 9.17) is 28.9 Å². The van der Waals surface area contributed by atoms with Gasteiger partial charge in [0.05, 0.1) is 10.6 Å². The summed E-state index contributed by atoms with van der Waals surface area (Å²) in [4.78, 5) is 13.8. The van der Waals surface area contributed by atoms with Crippen LogP contribution in [0.25, 0.3) is 0 Å². The molecule has 1 amide bonds. The van der Waals surface area contributed by atoms with Gasteiger partial charge in [0.25, 0.3) is 0 Å². The van der Waals surface area contributed by atoms with Crippen LogP contribution in [-0.4, -0.2) is 17.4 Å². The molecule has 0 bridgehead atoms. The van der Waals surface area contributed by atoms with Crippen LogP contribution >= 0.6 is 23.2 Å². The van der Waals surface area contributed by atoms with Crippen molar-refractivity contribution >= 4 is 29.1 Å². The molecule has 0 radical (unpaired) electrons. The Bertz CT molecular complexity index is 761. The molecule has 0 fully saturated rings. The van der Waals surface area contributed by atoms with E-state index in [-0.39, 0.29) is 6.04 Å². The Labute approximate surface area is 146 Å². The van der Waals surface area contributed by atoms with Gasteiger partial charge >= 0.3 is 0 Å². The van der Waals surface area contributed by atoms with Crippen LogP contribution in [-0.2, 0) is 13.0 Å². The first-order valence-electron chi connectivity index (χ1n) is 7.57. The predicted octanol–water partition coefficient (Wildman–Crippen LogP) is 4.21. The molecule has 5 heteroatoms. The molecule has 0 spiro atoms. The second-order valence-electron chi connectivity index (χ2n) is 5.85. The molecule has 1 aliphatic rings. The second-order valence-corrected chi connectivity index (χ2v) is 6.63. The molecule has 2 N–H and O–H groups in total. The number of amides is 1. The Hall–Kier alpha value is -1.55. The summed E-state index contributed by atoms with van der Waals surface area (Å²) in [5, 5.41) is 0.919. The average molecular weight is 349 g/mol. The third kappa shape index (κ3) is 3.09. The van der Waals surface area contributed by atoms with Crippen molar-refractivity contribution in [3.63, 3.8) is 0 Å². The number of rotatable bonds is 3. The summed E-state index contributed by atoms with van der Waals surface area (Å²) in [7, 11) is 0. The molecule has 1 heterocycles. The van der Waals surface area contributed by atoms with Gasteiger partial charge in [-0.15, -0.1) is 0 Å². The minimum Gasteiger partial charge on any atom is -0.366 e. The second kappa shape index (κ2) is 6.52. The van der Waals surface area contributed by atoms with Crippen LogP contribution < -0.4 is 5.73 Å². The third-order valence-corrected chi connectivity index (χ3v) is 5.32. The molecule has 2 aromatic carbocycles. The van der Waals surface area contributed by atoms with E-state index in [0.717, 1.165) is 18.5 Å². The quantitative estimate of drug-likeness (QED) is 0.902. The number of halogens is 2. The molecule has 2 aromatic rings. The normalized spacial score (nSPS) is 17.8. The number of hydrogen-bond acceptors (Lipinski definition) is 2. The van der Waals surface area contributed by atoms with Crippen molar-refractivity contribution in [3.8, 4) is 0 Å². The van der Waals surface area contributed by atoms with Gasteiger partial charge < -0.3 is 5.73 Å². The number of fused-ring (bicyclic) bond motifs is 1. The lowest BCUT2D eigenvalue weighted by Crippen LogP contribution is -2.33. The Morgan fingerprint density at radius 3 is 2.74 bits per heavy atom. The number of benzene rings is 2. The third-order valence-electron chi connectivity index (χ3n) is 4.53. The summed E-state index contributed by atoms with van der Waals surface area (Å²) in [6.07, 6.45) is 0.991. The Morgan fingerprint density at radius 1 is 1.26 bits per heavy atom. The van der Waals surface area contributed by atoms with E-state index < -0.39 is 5.91 Å². The molecule has 0 aromatic heterocycles. The van der Waals surface area contributed by atoms with Crippen molar-refractivity contribution in [2.45, 2.75) is 25.9 Å². The molecule has 3 nitrogen and oxygen atoms in total. The first-order chi connectivity index (χ1) is 11.0. The van der Waals surface area contributed by atoms with E-state index in [2.05, 4.69) is 36.1 Å². The minimum absolute atomic E-state index is 0.268. The molecule has 23 heavy (non-hydrogen) atoms. The van der Waals surface area contributed by atoms with E-state index in [1.807, 2.05) is 0 Å². The van der Waals surface area contributed by atoms with Gasteiger partial charge in [0.15, 0.2) is 0 Å². The Kier molecular flexibility index (Phi) is 4.62. The van der Waals surface area contributed by atoms with Crippen LogP contribution in [0.3, 0.4) is 0 Å². The van der Waals surface area contributed by atoms with Crippen LogP contribution in [0.5, 0.6) is 0 Å². The van der Waals surface area contributed by atoms with Gasteiger partial charge in [0.1, 0.15) is 0 Å². The van der Waals surface area contributed by atoms with Crippen molar-refractivity contribution in [1.29, 1.82) is 0 Å². The van der Waals surface area contributed by atoms with Crippen molar-refractivity contribution < 1.29 is 4.79 Å². The average Bonchev–Trinajstić information content (AvgIpc) is 2.53. The largest absolute Gasteiger partial charge is 0.366 e. The van der Waals surface area contributed by atoms with Crippen molar-refractivity contribution in [1.82, 2.24) is 4.90 Å². The maximum Gasteiger partial charge on any atom is 0.250 e. The van der Waals surface area contributed by atoms with E-state index >= 15 is 0 Å². The maximum atomic E-state index is 11.5. The fourth-order valence-electron chi connectivity index (χ4n) is 3.18. The zero-order valence-corrected chi connectivity index (χ0v) is 14.4. The summed E-state index contributed by atoms with van der Waals surface area (Å²) < 4.78 is 0. The van der Waals surface area contributed by atoms with Gasteiger partial charge in [-0.1, -0.05) is 47.5 Å². The molecule has 0 saturated heterocycles. The molecule has 3 rings (SSSR count). The van der Waals surface area contributed by atoms with E-state index in [1.54, 1.807) is 12.1 Å². The Morgan fingerprint density at radius 2 is 2.00 bits per heavy atom. The topological polar surface area (TPSA) is 46.3 Å². The first kappa shape index (κ1) is 16.3. The van der Waals surface area contributed by atoms with Crippen molar-refractivity contribution in [2.24, 2.45) is 5.73 Å². The predicted molar refractivity (Wildman–Crippen MR) is 94.0 cm³/mol. The lowest BCUT2D eigenvalue weighted by atomic mass is 9.93. The van der Waals surface area contributed by atoms with Gasteiger partial charge in [0, 0.05) is 29.7 Å². The number of primary amides is 1. The van der Waals surface area contributed by atoms with E-state index in [0.29, 0.717) is 22.2 Å². The summed E-state index contributed by atoms with van der Waals surface area (Å²) in [5.41, 5.74) is 9.17. The molecule has 0 aliphatic carbocycles. The SMILES string of the molecule is CC1c2ccccc2CCN1Cc1c(Cl)ccc(C(N)=O)c1Cl. The smallest absolute Gasteiger partial charge is 0.250 e. The molecule has 120 valence electrons. The summed E-state index contributed by atoms with van der Waals surface area (Å²) in [6.45, 7) is 3.69. The standard InChI is InChI=1S/C18H18Cl2N2O/c1-11-13-5-3-2-4-12(13)8-9-22(11)10-15-16(19)7-6-14(17(15)20)18(21)23/h2-7,11H,8-10H2,1H3,(H2,21,23). The zero-order valence-electron chi connectivity index (χ0n) is 12.9. The lowest BCUT2D eigenvalue weighted by molar-refractivity contribution is 0.1000. The number of hydrogen-bond donors (Lipinski definition) is 1. The number of nitrogens with zero attached hydrogens (tertiary/aromatic N) is 1. The highest BCUT2D eigenvalue weighted by Crippen LogP contribution is 2.34. The summed E-state index contributed by atoms with van der Waals surface area (Å²) >= 11 is 12.7. The highest BCUT2D eigenvalue weighted by Gasteiger charge is 2.25. The van der Waals surface area contributed by atoms with Crippen LogP contribution in [0.15, 0.2) is 36.4 Å².